The van der Waals surface area contributed by atoms with E-state index in [1.165, 1.54) is 0 Å². The summed E-state index contributed by atoms with van der Waals surface area (Å²) in [4.78, 5) is 20.3. The van der Waals surface area contributed by atoms with E-state index in [0.717, 1.165) is 44.5 Å². The van der Waals surface area contributed by atoms with Crippen molar-refractivity contribution in [1.82, 2.24) is 9.55 Å². The summed E-state index contributed by atoms with van der Waals surface area (Å²) in [6.45, 7) is 2.08. The van der Waals surface area contributed by atoms with Crippen LogP contribution in [0, 0.1) is 6.92 Å². The van der Waals surface area contributed by atoms with Gasteiger partial charge in [0.2, 0.25) is 5.60 Å². The molecule has 0 bridgehead atoms. The zero-order valence-electron chi connectivity index (χ0n) is 20.8. The number of pyridine rings is 1. The lowest BCUT2D eigenvalue weighted by molar-refractivity contribution is 0.0247. The average molecular weight is 474 g/mol. The second kappa shape index (κ2) is 8.09. The van der Waals surface area contributed by atoms with E-state index in [-0.39, 0.29) is 5.97 Å². The number of cyclic esters (lactones) is 1. The van der Waals surface area contributed by atoms with Crippen LogP contribution < -0.4 is 4.90 Å². The fourth-order valence-corrected chi connectivity index (χ4v) is 5.58. The van der Waals surface area contributed by atoms with Crippen molar-refractivity contribution in [3.8, 4) is 11.3 Å². The minimum Gasteiger partial charge on any atom is -0.439 e. The molecule has 2 aromatic heterocycles. The van der Waals surface area contributed by atoms with Crippen LogP contribution in [0.2, 0.25) is 0 Å². The maximum Gasteiger partial charge on any atom is 0.341 e. The van der Waals surface area contributed by atoms with Gasteiger partial charge in [-0.3, -0.25) is 4.98 Å². The van der Waals surface area contributed by atoms with E-state index in [0.29, 0.717) is 11.3 Å². The number of aromatic nitrogens is 2. The Morgan fingerprint density at radius 2 is 1.67 bits per heavy atom. The monoisotopic (exact) mass is 473 g/mol. The van der Waals surface area contributed by atoms with Crippen LogP contribution in [-0.4, -0.2) is 29.6 Å². The number of benzene rings is 3. The number of rotatable bonds is 4. The van der Waals surface area contributed by atoms with Crippen molar-refractivity contribution in [3.63, 3.8) is 0 Å². The van der Waals surface area contributed by atoms with E-state index in [2.05, 4.69) is 65.9 Å². The Morgan fingerprint density at radius 1 is 0.917 bits per heavy atom. The minimum atomic E-state index is -1.20. The summed E-state index contributed by atoms with van der Waals surface area (Å²) in [7, 11) is 6.11. The molecule has 5 nitrogen and oxygen atoms in total. The number of carbonyl (C=O) groups is 1. The second-order valence-electron chi connectivity index (χ2n) is 9.53. The molecule has 5 heteroatoms. The van der Waals surface area contributed by atoms with Crippen LogP contribution in [0.1, 0.15) is 32.7 Å². The number of aryl methyl sites for hydroxylation is 2. The number of fused-ring (bicyclic) bond motifs is 2. The van der Waals surface area contributed by atoms with Crippen molar-refractivity contribution in [1.29, 1.82) is 0 Å². The Balaban J connectivity index is 1.80. The molecule has 3 aromatic carbocycles. The number of anilines is 1. The van der Waals surface area contributed by atoms with Gasteiger partial charge in [0.05, 0.1) is 11.3 Å². The largest absolute Gasteiger partial charge is 0.439 e. The zero-order valence-corrected chi connectivity index (χ0v) is 20.8. The number of ether oxygens (including phenoxy) is 1. The van der Waals surface area contributed by atoms with Crippen LogP contribution in [0.4, 0.5) is 5.69 Å². The highest BCUT2D eigenvalue weighted by atomic mass is 16.6. The molecule has 3 heterocycles. The molecule has 0 aliphatic carbocycles. The normalized spacial score (nSPS) is 16.7. The summed E-state index contributed by atoms with van der Waals surface area (Å²) >= 11 is 0. The van der Waals surface area contributed by atoms with E-state index >= 15 is 0 Å². The van der Waals surface area contributed by atoms with E-state index in [9.17, 15) is 4.79 Å². The Kier molecular flexibility index (Phi) is 4.97. The van der Waals surface area contributed by atoms with Crippen molar-refractivity contribution in [3.05, 3.63) is 119 Å². The Labute approximate surface area is 210 Å². The molecule has 0 amide bonds. The van der Waals surface area contributed by atoms with Crippen molar-refractivity contribution >= 4 is 22.6 Å². The first-order valence-electron chi connectivity index (χ1n) is 12.0. The van der Waals surface area contributed by atoms with Gasteiger partial charge in [0, 0.05) is 55.1 Å². The van der Waals surface area contributed by atoms with E-state index in [1.807, 2.05) is 50.5 Å². The molecular weight excluding hydrogens is 446 g/mol. The van der Waals surface area contributed by atoms with Crippen LogP contribution in [-0.2, 0) is 17.4 Å². The summed E-state index contributed by atoms with van der Waals surface area (Å²) in [5, 5.41) is 1.03. The first-order valence-corrected chi connectivity index (χ1v) is 12.0. The third kappa shape index (κ3) is 3.02. The lowest BCUT2D eigenvalue weighted by Gasteiger charge is -2.32. The Hall–Kier alpha value is -4.38. The van der Waals surface area contributed by atoms with E-state index < -0.39 is 5.60 Å². The van der Waals surface area contributed by atoms with Gasteiger partial charge in [0.15, 0.2) is 0 Å². The molecule has 0 saturated carbocycles. The zero-order chi connectivity index (χ0) is 25.0. The lowest BCUT2D eigenvalue weighted by atomic mass is 9.78. The summed E-state index contributed by atoms with van der Waals surface area (Å²) in [5.74, 6) is -0.360. The highest BCUT2D eigenvalue weighted by Gasteiger charge is 2.53. The standard InChI is InChI=1S/C31H27N3O2/c1-20-19-22(33(2)3)16-17-25(20)31(29-24(30(35)36-31)14-10-18-32-29)27-23-13-8-9-15-26(23)34(4)28(27)21-11-6-5-7-12-21/h5-19H,1-4H3. The molecule has 0 radical (unpaired) electrons. The van der Waals surface area contributed by atoms with Crippen LogP contribution in [0.5, 0.6) is 0 Å². The molecule has 1 aliphatic rings. The van der Waals surface area contributed by atoms with Crippen molar-refractivity contribution < 1.29 is 9.53 Å². The number of hydrogen-bond acceptors (Lipinski definition) is 4. The molecule has 6 rings (SSSR count). The topological polar surface area (TPSA) is 47.4 Å². The van der Waals surface area contributed by atoms with Crippen molar-refractivity contribution in [2.24, 2.45) is 7.05 Å². The predicted molar refractivity (Wildman–Crippen MR) is 143 cm³/mol. The van der Waals surface area contributed by atoms with Gasteiger partial charge < -0.3 is 14.2 Å². The van der Waals surface area contributed by atoms with E-state index in [1.54, 1.807) is 12.3 Å². The number of esters is 1. The number of carbonyl (C=O) groups excluding carboxylic acids is 1. The van der Waals surface area contributed by atoms with Gasteiger partial charge in [0.1, 0.15) is 5.69 Å². The van der Waals surface area contributed by atoms with Crippen LogP contribution in [0.15, 0.2) is 91.1 Å². The fourth-order valence-electron chi connectivity index (χ4n) is 5.58. The molecular formula is C31H27N3O2. The second-order valence-corrected chi connectivity index (χ2v) is 9.53. The summed E-state index contributed by atoms with van der Waals surface area (Å²) < 4.78 is 8.72. The fraction of sp³-hybridized carbons (Fsp3) is 0.161. The first kappa shape index (κ1) is 22.1. The smallest absolute Gasteiger partial charge is 0.341 e. The molecule has 1 aliphatic heterocycles. The van der Waals surface area contributed by atoms with Crippen molar-refractivity contribution in [2.45, 2.75) is 12.5 Å². The molecule has 1 unspecified atom stereocenters. The molecule has 0 N–H and O–H groups in total. The third-order valence-corrected chi connectivity index (χ3v) is 7.22. The van der Waals surface area contributed by atoms with Gasteiger partial charge in [-0.25, -0.2) is 4.79 Å². The van der Waals surface area contributed by atoms with Crippen LogP contribution >= 0.6 is 0 Å². The summed E-state index contributed by atoms with van der Waals surface area (Å²) in [5.41, 5.74) is 6.99. The molecule has 1 atom stereocenters. The summed E-state index contributed by atoms with van der Waals surface area (Å²) in [6.07, 6.45) is 1.74. The van der Waals surface area contributed by atoms with Crippen LogP contribution in [0.3, 0.4) is 0 Å². The Morgan fingerprint density at radius 3 is 2.42 bits per heavy atom. The van der Waals surface area contributed by atoms with Crippen LogP contribution in [0.25, 0.3) is 22.2 Å². The molecule has 0 fully saturated rings. The van der Waals surface area contributed by atoms with Gasteiger partial charge in [-0.2, -0.15) is 0 Å². The molecule has 36 heavy (non-hydrogen) atoms. The number of nitrogens with zero attached hydrogens (tertiary/aromatic N) is 3. The van der Waals surface area contributed by atoms with Gasteiger partial charge in [0.25, 0.3) is 0 Å². The quantitative estimate of drug-likeness (QED) is 0.297. The maximum absolute atomic E-state index is 13.4. The molecule has 0 spiro atoms. The van der Waals surface area contributed by atoms with Crippen molar-refractivity contribution in [2.75, 3.05) is 19.0 Å². The third-order valence-electron chi connectivity index (χ3n) is 7.22. The summed E-state index contributed by atoms with van der Waals surface area (Å²) in [6, 6.07) is 28.5. The Bertz CT molecular complexity index is 1640. The number of hydrogen-bond donors (Lipinski definition) is 0. The average Bonchev–Trinajstić information content (AvgIpc) is 3.36. The number of para-hydroxylation sites is 1. The first-order chi connectivity index (χ1) is 17.4. The maximum atomic E-state index is 13.4. The SMILES string of the molecule is Cc1cc(N(C)C)ccc1C1(c2c(-c3ccccc3)n(C)c3ccccc23)OC(=O)c2cccnc21. The van der Waals surface area contributed by atoms with Gasteiger partial charge in [-0.15, -0.1) is 0 Å². The molecule has 5 aromatic rings. The lowest BCUT2D eigenvalue weighted by Crippen LogP contribution is -2.32. The van der Waals surface area contributed by atoms with Gasteiger partial charge >= 0.3 is 5.97 Å². The molecule has 0 saturated heterocycles. The highest BCUT2D eigenvalue weighted by molar-refractivity contribution is 6.00. The predicted octanol–water partition coefficient (Wildman–Crippen LogP) is 6.08. The minimum absolute atomic E-state index is 0.360. The van der Waals surface area contributed by atoms with Gasteiger partial charge in [-0.1, -0.05) is 54.6 Å². The molecule has 178 valence electrons. The highest BCUT2D eigenvalue weighted by Crippen LogP contribution is 2.53. The van der Waals surface area contributed by atoms with E-state index in [4.69, 9.17) is 9.72 Å². The van der Waals surface area contributed by atoms with Gasteiger partial charge in [-0.05, 0) is 48.4 Å².